The first-order valence-corrected chi connectivity index (χ1v) is 13.3. The predicted molar refractivity (Wildman–Crippen MR) is 143 cm³/mol. The Morgan fingerprint density at radius 3 is 2.58 bits per heavy atom. The number of morpholine rings is 2. The van der Waals surface area contributed by atoms with Crippen LogP contribution in [0.5, 0.6) is 0 Å². The number of pyridine rings is 1. The Morgan fingerprint density at radius 1 is 0.974 bits per heavy atom. The van der Waals surface area contributed by atoms with Crippen molar-refractivity contribution in [1.82, 2.24) is 19.4 Å². The molecule has 2 aromatic heterocycles. The number of hydrogen-bond acceptors (Lipinski definition) is 8. The average Bonchev–Trinajstić information content (AvgIpc) is 3.46. The lowest BCUT2D eigenvalue weighted by atomic mass is 10.1. The van der Waals surface area contributed by atoms with Crippen LogP contribution >= 0.6 is 0 Å². The Bertz CT molecular complexity index is 1330. The van der Waals surface area contributed by atoms with Gasteiger partial charge >= 0.3 is 0 Å². The number of ether oxygens (including phenoxy) is 2. The third kappa shape index (κ3) is 5.03. The molecule has 2 atom stereocenters. The fourth-order valence-corrected chi connectivity index (χ4v) is 5.68. The highest BCUT2D eigenvalue weighted by atomic mass is 19.1. The quantitative estimate of drug-likeness (QED) is 0.508. The lowest BCUT2D eigenvalue weighted by Gasteiger charge is -2.35. The number of hydrogen-bond donors (Lipinski definition) is 0. The van der Waals surface area contributed by atoms with Crippen molar-refractivity contribution in [2.24, 2.45) is 7.05 Å². The summed E-state index contributed by atoms with van der Waals surface area (Å²) in [6, 6.07) is 12.1. The van der Waals surface area contributed by atoms with E-state index in [0.29, 0.717) is 37.4 Å². The Kier molecular flexibility index (Phi) is 7.10. The third-order valence-corrected chi connectivity index (χ3v) is 7.86. The molecule has 0 amide bonds. The van der Waals surface area contributed by atoms with Gasteiger partial charge in [-0.15, -0.1) is 0 Å². The SMILES string of the molecule is Cn1c(N2CCO[C@@H](c3ccc(N4CC[C@H](N5CCOCC5)C4)cc3)C2)nc(-c2ccncc2F)cc1=O. The van der Waals surface area contributed by atoms with Gasteiger partial charge < -0.3 is 19.3 Å². The van der Waals surface area contributed by atoms with Gasteiger partial charge in [0.2, 0.25) is 5.95 Å². The Labute approximate surface area is 221 Å². The monoisotopic (exact) mass is 520 g/mol. The van der Waals surface area contributed by atoms with Gasteiger partial charge in [-0.1, -0.05) is 12.1 Å². The van der Waals surface area contributed by atoms with Crippen LogP contribution in [0.2, 0.25) is 0 Å². The van der Waals surface area contributed by atoms with E-state index in [1.54, 1.807) is 7.05 Å². The summed E-state index contributed by atoms with van der Waals surface area (Å²) in [6.45, 7) is 7.45. The summed E-state index contributed by atoms with van der Waals surface area (Å²) >= 11 is 0. The van der Waals surface area contributed by atoms with Crippen LogP contribution in [0.15, 0.2) is 53.6 Å². The first kappa shape index (κ1) is 25.0. The van der Waals surface area contributed by atoms with Crippen LogP contribution in [0, 0.1) is 5.82 Å². The molecule has 0 bridgehead atoms. The van der Waals surface area contributed by atoms with Crippen molar-refractivity contribution in [3.05, 3.63) is 70.5 Å². The number of nitrogens with zero attached hydrogens (tertiary/aromatic N) is 6. The lowest BCUT2D eigenvalue weighted by Crippen LogP contribution is -2.44. The average molecular weight is 521 g/mol. The van der Waals surface area contributed by atoms with Crippen molar-refractivity contribution >= 4 is 11.6 Å². The summed E-state index contributed by atoms with van der Waals surface area (Å²) < 4.78 is 27.5. The summed E-state index contributed by atoms with van der Waals surface area (Å²) in [5.74, 6) is -0.00623. The maximum atomic E-state index is 14.4. The van der Waals surface area contributed by atoms with Crippen LogP contribution in [0.3, 0.4) is 0 Å². The molecular weight excluding hydrogens is 487 g/mol. The second-order valence-electron chi connectivity index (χ2n) is 10.1. The van der Waals surface area contributed by atoms with Crippen LogP contribution in [0.1, 0.15) is 18.1 Å². The van der Waals surface area contributed by atoms with E-state index in [1.807, 2.05) is 4.90 Å². The van der Waals surface area contributed by atoms with Gasteiger partial charge in [0.15, 0.2) is 5.82 Å². The topological polar surface area (TPSA) is 76.0 Å². The molecule has 5 heterocycles. The van der Waals surface area contributed by atoms with E-state index in [-0.39, 0.29) is 17.2 Å². The van der Waals surface area contributed by atoms with Gasteiger partial charge in [0.25, 0.3) is 5.56 Å². The van der Waals surface area contributed by atoms with E-state index in [9.17, 15) is 9.18 Å². The molecule has 0 unspecified atom stereocenters. The molecule has 3 saturated heterocycles. The van der Waals surface area contributed by atoms with Crippen LogP contribution in [0.4, 0.5) is 16.0 Å². The zero-order valence-electron chi connectivity index (χ0n) is 21.6. The highest BCUT2D eigenvalue weighted by Gasteiger charge is 2.30. The first-order chi connectivity index (χ1) is 18.6. The highest BCUT2D eigenvalue weighted by Crippen LogP contribution is 2.29. The molecule has 38 heavy (non-hydrogen) atoms. The first-order valence-electron chi connectivity index (χ1n) is 13.3. The van der Waals surface area contributed by atoms with Gasteiger partial charge in [-0.25, -0.2) is 9.37 Å². The predicted octanol–water partition coefficient (Wildman–Crippen LogP) is 2.47. The second kappa shape index (κ2) is 10.8. The van der Waals surface area contributed by atoms with Gasteiger partial charge in [0.05, 0.1) is 38.3 Å². The van der Waals surface area contributed by atoms with E-state index in [1.165, 1.54) is 35.0 Å². The van der Waals surface area contributed by atoms with Gasteiger partial charge in [0, 0.05) is 69.3 Å². The summed E-state index contributed by atoms with van der Waals surface area (Å²) in [4.78, 5) is 28.3. The molecule has 0 aliphatic carbocycles. The number of aromatic nitrogens is 3. The van der Waals surface area contributed by atoms with Crippen molar-refractivity contribution in [3.8, 4) is 11.3 Å². The Morgan fingerprint density at radius 2 is 1.79 bits per heavy atom. The summed E-state index contributed by atoms with van der Waals surface area (Å²) in [5.41, 5.74) is 2.64. The van der Waals surface area contributed by atoms with E-state index in [2.05, 4.69) is 44.0 Å². The molecule has 0 spiro atoms. The molecule has 200 valence electrons. The minimum atomic E-state index is -0.506. The summed E-state index contributed by atoms with van der Waals surface area (Å²) in [6.07, 6.45) is 3.65. The van der Waals surface area contributed by atoms with Crippen LogP contribution in [-0.4, -0.2) is 84.6 Å². The zero-order valence-corrected chi connectivity index (χ0v) is 21.6. The van der Waals surface area contributed by atoms with Gasteiger partial charge in [-0.2, -0.15) is 0 Å². The molecule has 10 heteroatoms. The van der Waals surface area contributed by atoms with E-state index in [0.717, 1.165) is 51.2 Å². The lowest BCUT2D eigenvalue weighted by molar-refractivity contribution is 0.0209. The Balaban J connectivity index is 1.16. The number of halogens is 1. The molecule has 0 saturated carbocycles. The van der Waals surface area contributed by atoms with Crippen LogP contribution in [0.25, 0.3) is 11.3 Å². The van der Waals surface area contributed by atoms with Crippen molar-refractivity contribution in [2.45, 2.75) is 18.6 Å². The molecule has 3 aromatic rings. The number of anilines is 2. The molecule has 3 aliphatic heterocycles. The van der Waals surface area contributed by atoms with Crippen molar-refractivity contribution < 1.29 is 13.9 Å². The molecular formula is C28H33FN6O3. The zero-order chi connectivity index (χ0) is 26.1. The molecule has 9 nitrogen and oxygen atoms in total. The maximum Gasteiger partial charge on any atom is 0.255 e. The smallest absolute Gasteiger partial charge is 0.255 e. The summed E-state index contributed by atoms with van der Waals surface area (Å²) in [7, 11) is 1.69. The minimum Gasteiger partial charge on any atom is -0.379 e. The third-order valence-electron chi connectivity index (χ3n) is 7.86. The van der Waals surface area contributed by atoms with E-state index in [4.69, 9.17) is 9.47 Å². The van der Waals surface area contributed by atoms with Crippen molar-refractivity contribution in [1.29, 1.82) is 0 Å². The summed E-state index contributed by atoms with van der Waals surface area (Å²) in [5, 5.41) is 0. The van der Waals surface area contributed by atoms with Crippen LogP contribution < -0.4 is 15.4 Å². The highest BCUT2D eigenvalue weighted by molar-refractivity contribution is 5.60. The van der Waals surface area contributed by atoms with Crippen LogP contribution in [-0.2, 0) is 16.5 Å². The van der Waals surface area contributed by atoms with Gasteiger partial charge in [0.1, 0.15) is 6.10 Å². The Hall–Kier alpha value is -3.34. The molecule has 6 rings (SSSR count). The molecule has 3 aliphatic rings. The number of benzene rings is 1. The second-order valence-corrected chi connectivity index (χ2v) is 10.1. The standard InChI is InChI=1S/C28H33FN6O3/c1-32-27(36)16-25(23-6-8-30-17-24(23)29)31-28(32)35-12-15-38-26(19-35)20-2-4-21(5-3-20)34-9-7-22(18-34)33-10-13-37-14-11-33/h2-6,8,16-17,22,26H,7,9-15,18-19H2,1H3/t22-,26+/m0/s1. The molecule has 0 N–H and O–H groups in total. The normalized spacial score (nSPS) is 22.7. The van der Waals surface area contributed by atoms with Crippen molar-refractivity contribution in [2.75, 3.05) is 68.9 Å². The molecule has 0 radical (unpaired) electrons. The minimum absolute atomic E-state index is 0.157. The van der Waals surface area contributed by atoms with Crippen molar-refractivity contribution in [3.63, 3.8) is 0 Å². The van der Waals surface area contributed by atoms with E-state index < -0.39 is 5.82 Å². The largest absolute Gasteiger partial charge is 0.379 e. The number of rotatable bonds is 5. The maximum absolute atomic E-state index is 14.4. The molecule has 3 fully saturated rings. The van der Waals surface area contributed by atoms with Gasteiger partial charge in [-0.3, -0.25) is 19.2 Å². The van der Waals surface area contributed by atoms with E-state index >= 15 is 0 Å². The molecule has 1 aromatic carbocycles. The fraction of sp³-hybridized carbons (Fsp3) is 0.464. The van der Waals surface area contributed by atoms with Gasteiger partial charge in [-0.05, 0) is 30.2 Å². The fourth-order valence-electron chi connectivity index (χ4n) is 5.68.